The van der Waals surface area contributed by atoms with Crippen LogP contribution in [-0.2, 0) is 50.6 Å². The molecule has 2 rings (SSSR count). The van der Waals surface area contributed by atoms with Gasteiger partial charge in [0.1, 0.15) is 18.2 Å². The Kier molecular flexibility index (Phi) is 15.0. The normalized spacial score (nSPS) is 13.1. The zero-order chi connectivity index (χ0) is 35.9. The van der Waals surface area contributed by atoms with Crippen molar-refractivity contribution in [2.24, 2.45) is 0 Å². The summed E-state index contributed by atoms with van der Waals surface area (Å²) >= 11 is 1.10. The molecule has 2 N–H and O–H groups in total. The third-order valence-electron chi connectivity index (χ3n) is 6.26. The molecule has 0 bridgehead atoms. The van der Waals surface area contributed by atoms with Gasteiger partial charge in [-0.1, -0.05) is 36.4 Å². The summed E-state index contributed by atoms with van der Waals surface area (Å²) < 4.78 is 15.4. The molecule has 48 heavy (non-hydrogen) atoms. The molecule has 0 aromatic heterocycles. The van der Waals surface area contributed by atoms with E-state index in [1.54, 1.807) is 30.3 Å². The number of esters is 3. The van der Waals surface area contributed by atoms with Gasteiger partial charge in [-0.25, -0.2) is 4.79 Å². The Morgan fingerprint density at radius 1 is 0.896 bits per heavy atom. The van der Waals surface area contributed by atoms with Gasteiger partial charge in [-0.15, -0.1) is 20.2 Å². The highest BCUT2D eigenvalue weighted by atomic mass is 32.2. The number of hydrogen-bond acceptors (Lipinski definition) is 15. The van der Waals surface area contributed by atoms with Crippen LogP contribution in [0.3, 0.4) is 0 Å². The lowest BCUT2D eigenvalue weighted by molar-refractivity contribution is -0.790. The van der Waals surface area contributed by atoms with Crippen LogP contribution in [0.25, 0.3) is 0 Å². The molecule has 0 aliphatic heterocycles. The lowest BCUT2D eigenvalue weighted by Gasteiger charge is -2.33. The number of carboxylic acid groups (broad SMARTS) is 1. The van der Waals surface area contributed by atoms with E-state index >= 15 is 0 Å². The number of carboxylic acids is 1. The molecule has 0 spiro atoms. The number of aliphatic carboxylic acids is 1. The summed E-state index contributed by atoms with van der Waals surface area (Å²) in [7, 11) is 0. The van der Waals surface area contributed by atoms with Gasteiger partial charge in [-0.3, -0.25) is 19.2 Å². The highest BCUT2D eigenvalue weighted by Gasteiger charge is 2.42. The minimum atomic E-state index is -2.16. The molecule has 0 heterocycles. The van der Waals surface area contributed by atoms with Crippen molar-refractivity contribution in [2.75, 3.05) is 12.4 Å². The van der Waals surface area contributed by atoms with Gasteiger partial charge in [0.25, 0.3) is 16.1 Å². The van der Waals surface area contributed by atoms with Crippen LogP contribution in [0.15, 0.2) is 48.5 Å². The van der Waals surface area contributed by atoms with E-state index in [4.69, 9.17) is 14.2 Å². The Morgan fingerprint density at radius 2 is 1.54 bits per heavy atom. The maximum atomic E-state index is 13.7. The molecule has 19 heteroatoms. The topological polar surface area (TPSA) is 250 Å². The SMILES string of the molecule is CC(=O)Oc1ccc(CC(OC(C)=O)C(=O)N[C@@](CCC(CO[N+](=O)[O-])O[N+](=O)[O-])(CSCc2ccccc2)C(=O)O)cc1OC(C)=O. The molecule has 18 nitrogen and oxygen atoms in total. The van der Waals surface area contributed by atoms with Crippen molar-refractivity contribution >= 4 is 41.5 Å². The van der Waals surface area contributed by atoms with Gasteiger partial charge in [0.05, 0.1) is 0 Å². The second kappa shape index (κ2) is 18.6. The zero-order valence-corrected chi connectivity index (χ0v) is 26.8. The van der Waals surface area contributed by atoms with E-state index in [1.165, 1.54) is 18.2 Å². The Morgan fingerprint density at radius 3 is 2.10 bits per heavy atom. The number of nitrogens with one attached hydrogen (secondary N) is 1. The van der Waals surface area contributed by atoms with Crippen LogP contribution >= 0.6 is 11.8 Å². The van der Waals surface area contributed by atoms with Gasteiger partial charge in [0.15, 0.2) is 17.6 Å². The van der Waals surface area contributed by atoms with Gasteiger partial charge < -0.3 is 34.3 Å². The van der Waals surface area contributed by atoms with Crippen LogP contribution in [0.1, 0.15) is 44.7 Å². The van der Waals surface area contributed by atoms with Crippen LogP contribution < -0.4 is 14.8 Å². The summed E-state index contributed by atoms with van der Waals surface area (Å²) in [5.41, 5.74) is -1.09. The highest BCUT2D eigenvalue weighted by molar-refractivity contribution is 7.98. The van der Waals surface area contributed by atoms with E-state index in [9.17, 15) is 49.3 Å². The monoisotopic (exact) mass is 695 g/mol. The van der Waals surface area contributed by atoms with Crippen molar-refractivity contribution in [3.8, 4) is 11.5 Å². The second-order valence-electron chi connectivity index (χ2n) is 10.1. The summed E-state index contributed by atoms with van der Waals surface area (Å²) in [6.45, 7) is 2.34. The van der Waals surface area contributed by atoms with Crippen molar-refractivity contribution in [3.63, 3.8) is 0 Å². The van der Waals surface area contributed by atoms with E-state index in [-0.39, 0.29) is 29.2 Å². The molecule has 0 aliphatic rings. The van der Waals surface area contributed by atoms with Gasteiger partial charge >= 0.3 is 23.9 Å². The molecule has 0 aliphatic carbocycles. The number of carbonyl (C=O) groups is 5. The Hall–Kier alpha value is -5.46. The first-order valence-corrected chi connectivity index (χ1v) is 15.2. The van der Waals surface area contributed by atoms with Crippen LogP contribution in [0.2, 0.25) is 0 Å². The fourth-order valence-electron chi connectivity index (χ4n) is 4.22. The minimum Gasteiger partial charge on any atom is -0.479 e. The highest BCUT2D eigenvalue weighted by Crippen LogP contribution is 2.30. The summed E-state index contributed by atoms with van der Waals surface area (Å²) in [6, 6.07) is 12.8. The number of amides is 1. The van der Waals surface area contributed by atoms with E-state index in [2.05, 4.69) is 15.0 Å². The molecular weight excluding hydrogens is 662 g/mol. The van der Waals surface area contributed by atoms with Crippen molar-refractivity contribution in [1.29, 1.82) is 0 Å². The van der Waals surface area contributed by atoms with E-state index in [1.807, 2.05) is 0 Å². The Balaban J connectivity index is 2.44. The smallest absolute Gasteiger partial charge is 0.330 e. The average Bonchev–Trinajstić information content (AvgIpc) is 2.98. The number of nitrogens with zero attached hydrogens (tertiary/aromatic N) is 2. The Labute approximate surface area is 277 Å². The van der Waals surface area contributed by atoms with Crippen molar-refractivity contribution in [1.82, 2.24) is 5.32 Å². The number of hydrogen-bond donors (Lipinski definition) is 2. The summed E-state index contributed by atoms with van der Waals surface area (Å²) in [5, 5.41) is 32.1. The Bertz CT molecular complexity index is 1490. The lowest BCUT2D eigenvalue weighted by atomic mass is 9.93. The molecule has 2 unspecified atom stereocenters. The molecule has 0 saturated carbocycles. The summed E-state index contributed by atoms with van der Waals surface area (Å²) in [6.07, 6.45) is -4.62. The molecule has 2 aromatic carbocycles. The van der Waals surface area contributed by atoms with Crippen LogP contribution in [0.4, 0.5) is 0 Å². The van der Waals surface area contributed by atoms with Crippen LogP contribution in [0, 0.1) is 20.2 Å². The second-order valence-corrected chi connectivity index (χ2v) is 11.1. The van der Waals surface area contributed by atoms with Crippen molar-refractivity contribution in [2.45, 2.75) is 63.5 Å². The number of ether oxygens (including phenoxy) is 3. The predicted octanol–water partition coefficient (Wildman–Crippen LogP) is 2.45. The molecular formula is C29H33N3O15S. The minimum absolute atomic E-state index is 0.108. The third kappa shape index (κ3) is 13.5. The largest absolute Gasteiger partial charge is 0.479 e. The molecule has 0 fully saturated rings. The van der Waals surface area contributed by atoms with E-state index < -0.39 is 77.2 Å². The van der Waals surface area contributed by atoms with E-state index in [0.29, 0.717) is 5.75 Å². The first-order chi connectivity index (χ1) is 22.6. The number of benzene rings is 2. The van der Waals surface area contributed by atoms with Gasteiger partial charge in [0.2, 0.25) is 0 Å². The number of carbonyl (C=O) groups excluding carboxylic acids is 4. The molecule has 3 atom stereocenters. The molecule has 0 radical (unpaired) electrons. The van der Waals surface area contributed by atoms with Crippen LogP contribution in [-0.4, -0.2) is 75.2 Å². The molecule has 1 amide bonds. The zero-order valence-electron chi connectivity index (χ0n) is 26.0. The lowest BCUT2D eigenvalue weighted by Crippen LogP contribution is -2.59. The maximum absolute atomic E-state index is 13.7. The molecule has 0 saturated heterocycles. The fraction of sp³-hybridized carbons (Fsp3) is 0.414. The van der Waals surface area contributed by atoms with E-state index in [0.717, 1.165) is 38.1 Å². The molecule has 2 aromatic rings. The first-order valence-electron chi connectivity index (χ1n) is 14.0. The summed E-state index contributed by atoms with van der Waals surface area (Å²) in [5.74, 6) is -5.28. The fourth-order valence-corrected chi connectivity index (χ4v) is 5.44. The van der Waals surface area contributed by atoms with Crippen LogP contribution in [0.5, 0.6) is 11.5 Å². The first kappa shape index (κ1) is 38.7. The van der Waals surface area contributed by atoms with Gasteiger partial charge in [-0.05, 0) is 36.1 Å². The van der Waals surface area contributed by atoms with Gasteiger partial charge in [0, 0.05) is 38.7 Å². The van der Waals surface area contributed by atoms with Crippen molar-refractivity contribution in [3.05, 3.63) is 79.9 Å². The molecule has 260 valence electrons. The summed E-state index contributed by atoms with van der Waals surface area (Å²) in [4.78, 5) is 92.0. The van der Waals surface area contributed by atoms with Gasteiger partial charge in [-0.2, -0.15) is 11.8 Å². The predicted molar refractivity (Wildman–Crippen MR) is 163 cm³/mol. The quantitative estimate of drug-likeness (QED) is 0.0873. The standard InChI is InChI=1S/C29H33N3O15S/c1-18(33)44-24-10-9-22(13-25(24)45-19(2)34)14-26(46-20(3)35)27(36)30-29(28(37)38,17-48-16-21-7-5-4-6-8-21)12-11-23(47-32(41)42)15-43-31(39)40/h4-10,13,23,26H,11-12,14-17H2,1-3H3,(H,30,36)(H,37,38)/t23?,26?,29-/m0/s1. The average molecular weight is 696 g/mol. The third-order valence-corrected chi connectivity index (χ3v) is 7.50. The maximum Gasteiger partial charge on any atom is 0.330 e. The number of rotatable bonds is 20. The number of thioether (sulfide) groups is 1. The van der Waals surface area contributed by atoms with Crippen molar-refractivity contribution < 1.29 is 63.1 Å².